The van der Waals surface area contributed by atoms with Gasteiger partial charge >= 0.3 is 0 Å². The van der Waals surface area contributed by atoms with Crippen LogP contribution >= 0.6 is 0 Å². The van der Waals surface area contributed by atoms with Crippen molar-refractivity contribution in [3.8, 4) is 0 Å². The van der Waals surface area contributed by atoms with Crippen molar-refractivity contribution < 1.29 is 9.59 Å². The highest BCUT2D eigenvalue weighted by Crippen LogP contribution is 2.39. The summed E-state index contributed by atoms with van der Waals surface area (Å²) in [5.74, 6) is 0.278. The molecule has 20 heavy (non-hydrogen) atoms. The zero-order valence-electron chi connectivity index (χ0n) is 13.2. The van der Waals surface area contributed by atoms with Gasteiger partial charge in [0.1, 0.15) is 6.29 Å². The molecule has 0 radical (unpaired) electrons. The molecule has 0 aromatic heterocycles. The normalized spacial score (nSPS) is 20.4. The average Bonchev–Trinajstić information content (AvgIpc) is 2.81. The molecule has 118 valence electrons. The van der Waals surface area contributed by atoms with Crippen LogP contribution in [0, 0.1) is 5.41 Å². The number of unbranched alkanes of at least 4 members (excludes halogenated alkanes) is 1. The first-order valence-electron chi connectivity index (χ1n) is 8.00. The summed E-state index contributed by atoms with van der Waals surface area (Å²) in [7, 11) is 1.50. The lowest BCUT2D eigenvalue weighted by Crippen LogP contribution is -2.24. The Morgan fingerprint density at radius 3 is 2.05 bits per heavy atom. The third-order valence-electron chi connectivity index (χ3n) is 4.02. The van der Waals surface area contributed by atoms with E-state index in [1.165, 1.54) is 52.0 Å². The molecule has 2 aliphatic rings. The maximum absolute atomic E-state index is 11.2. The lowest BCUT2D eigenvalue weighted by molar-refractivity contribution is -0.119. The van der Waals surface area contributed by atoms with E-state index in [1.54, 1.807) is 0 Å². The van der Waals surface area contributed by atoms with Crippen LogP contribution in [-0.4, -0.2) is 25.8 Å². The minimum absolute atomic E-state index is 0.278. The Morgan fingerprint density at radius 2 is 1.70 bits per heavy atom. The standard InChI is InChI=1S/C11H19NO.C4H8O.CH5N/c13-10-8-11(9-12-10)6-4-2-1-3-5-7-11;1-2-3-4-5;1-2/h1-9H2,(H,12,13);4H,2-3H2,1H3;2H2,1H3. The molecule has 0 aromatic carbocycles. The van der Waals surface area contributed by atoms with E-state index in [0.29, 0.717) is 11.8 Å². The molecule has 4 nitrogen and oxygen atoms in total. The van der Waals surface area contributed by atoms with Crippen molar-refractivity contribution >= 4 is 12.2 Å². The molecule has 4 heteroatoms. The third kappa shape index (κ3) is 7.63. The molecule has 2 fully saturated rings. The monoisotopic (exact) mass is 284 g/mol. The van der Waals surface area contributed by atoms with E-state index in [1.807, 2.05) is 6.92 Å². The smallest absolute Gasteiger partial charge is 0.220 e. The Balaban J connectivity index is 0.000000441. The largest absolute Gasteiger partial charge is 0.356 e. The summed E-state index contributed by atoms with van der Waals surface area (Å²) in [5.41, 5.74) is 4.86. The summed E-state index contributed by atoms with van der Waals surface area (Å²) in [6.45, 7) is 2.93. The summed E-state index contributed by atoms with van der Waals surface area (Å²) in [4.78, 5) is 20.6. The van der Waals surface area contributed by atoms with Gasteiger partial charge in [-0.05, 0) is 31.7 Å². The SMILES string of the molecule is CCCC=O.CN.O=C1CC2(CCCCCCC2)CN1. The van der Waals surface area contributed by atoms with Crippen molar-refractivity contribution in [2.45, 2.75) is 71.1 Å². The number of hydrogen-bond donors (Lipinski definition) is 2. The second kappa shape index (κ2) is 11.9. The third-order valence-corrected chi connectivity index (χ3v) is 4.02. The molecular formula is C16H32N2O2. The zero-order valence-corrected chi connectivity index (χ0v) is 13.2. The summed E-state index contributed by atoms with van der Waals surface area (Å²) >= 11 is 0. The van der Waals surface area contributed by atoms with Gasteiger partial charge in [0.25, 0.3) is 0 Å². The molecule has 1 amide bonds. The second-order valence-electron chi connectivity index (χ2n) is 5.68. The predicted molar refractivity (Wildman–Crippen MR) is 83.5 cm³/mol. The number of nitrogens with one attached hydrogen (secondary N) is 1. The van der Waals surface area contributed by atoms with E-state index >= 15 is 0 Å². The summed E-state index contributed by atoms with van der Waals surface area (Å²) in [5, 5.41) is 2.99. The topological polar surface area (TPSA) is 72.2 Å². The number of aldehydes is 1. The van der Waals surface area contributed by atoms with Crippen molar-refractivity contribution in [1.29, 1.82) is 0 Å². The Hall–Kier alpha value is -0.900. The van der Waals surface area contributed by atoms with Crippen LogP contribution in [0.5, 0.6) is 0 Å². The molecule has 1 aliphatic heterocycles. The van der Waals surface area contributed by atoms with E-state index in [-0.39, 0.29) is 5.91 Å². The average molecular weight is 284 g/mol. The molecular weight excluding hydrogens is 252 g/mol. The van der Waals surface area contributed by atoms with Gasteiger partial charge in [-0.3, -0.25) is 4.79 Å². The van der Waals surface area contributed by atoms with Gasteiger partial charge in [-0.1, -0.05) is 39.0 Å². The number of hydrogen-bond acceptors (Lipinski definition) is 3. The van der Waals surface area contributed by atoms with Gasteiger partial charge in [-0.15, -0.1) is 0 Å². The van der Waals surface area contributed by atoms with E-state index < -0.39 is 0 Å². The van der Waals surface area contributed by atoms with Crippen LogP contribution in [0.1, 0.15) is 71.1 Å². The van der Waals surface area contributed by atoms with Crippen molar-refractivity contribution in [3.63, 3.8) is 0 Å². The first-order chi connectivity index (χ1) is 9.72. The molecule has 0 unspecified atom stereocenters. The fraction of sp³-hybridized carbons (Fsp3) is 0.875. The molecule has 3 N–H and O–H groups in total. The lowest BCUT2D eigenvalue weighted by Gasteiger charge is -2.28. The van der Waals surface area contributed by atoms with E-state index in [9.17, 15) is 9.59 Å². The van der Waals surface area contributed by atoms with Crippen LogP contribution < -0.4 is 11.1 Å². The summed E-state index contributed by atoms with van der Waals surface area (Å²) < 4.78 is 0. The van der Waals surface area contributed by atoms with E-state index in [0.717, 1.165) is 25.7 Å². The molecule has 0 aromatic rings. The van der Waals surface area contributed by atoms with E-state index in [4.69, 9.17) is 0 Å². The fourth-order valence-electron chi connectivity index (χ4n) is 2.88. The van der Waals surface area contributed by atoms with Gasteiger partial charge < -0.3 is 15.8 Å². The van der Waals surface area contributed by atoms with Crippen LogP contribution in [-0.2, 0) is 9.59 Å². The fourth-order valence-corrected chi connectivity index (χ4v) is 2.88. The maximum atomic E-state index is 11.2. The molecule has 1 aliphatic carbocycles. The minimum atomic E-state index is 0.278. The highest BCUT2D eigenvalue weighted by Gasteiger charge is 2.37. The molecule has 1 saturated carbocycles. The van der Waals surface area contributed by atoms with Crippen LogP contribution in [0.4, 0.5) is 0 Å². The van der Waals surface area contributed by atoms with Crippen LogP contribution in [0.15, 0.2) is 0 Å². The highest BCUT2D eigenvalue weighted by molar-refractivity contribution is 5.79. The molecule has 1 heterocycles. The van der Waals surface area contributed by atoms with E-state index in [2.05, 4.69) is 11.1 Å². The number of nitrogens with two attached hydrogens (primary N) is 1. The maximum Gasteiger partial charge on any atom is 0.220 e. The van der Waals surface area contributed by atoms with Gasteiger partial charge in [0, 0.05) is 19.4 Å². The first kappa shape index (κ1) is 19.1. The Bertz CT molecular complexity index is 259. The van der Waals surface area contributed by atoms with Gasteiger partial charge in [0.15, 0.2) is 0 Å². The number of carbonyl (C=O) groups excluding carboxylic acids is 2. The highest BCUT2D eigenvalue weighted by atomic mass is 16.1. The van der Waals surface area contributed by atoms with Gasteiger partial charge in [-0.25, -0.2) is 0 Å². The minimum Gasteiger partial charge on any atom is -0.356 e. The molecule has 1 spiro atoms. The molecule has 0 bridgehead atoms. The number of rotatable bonds is 2. The second-order valence-corrected chi connectivity index (χ2v) is 5.68. The van der Waals surface area contributed by atoms with Crippen molar-refractivity contribution in [3.05, 3.63) is 0 Å². The first-order valence-corrected chi connectivity index (χ1v) is 8.00. The molecule has 1 saturated heterocycles. The molecule has 2 rings (SSSR count). The summed E-state index contributed by atoms with van der Waals surface area (Å²) in [6.07, 6.45) is 12.8. The zero-order chi connectivity index (χ0) is 15.3. The van der Waals surface area contributed by atoms with Crippen molar-refractivity contribution in [2.24, 2.45) is 11.1 Å². The summed E-state index contributed by atoms with van der Waals surface area (Å²) in [6, 6.07) is 0. The van der Waals surface area contributed by atoms with Gasteiger partial charge in [0.05, 0.1) is 0 Å². The van der Waals surface area contributed by atoms with Gasteiger partial charge in [0.2, 0.25) is 5.91 Å². The van der Waals surface area contributed by atoms with Crippen molar-refractivity contribution in [1.82, 2.24) is 5.32 Å². The Morgan fingerprint density at radius 1 is 1.15 bits per heavy atom. The molecule has 0 atom stereocenters. The Labute approximate surface area is 123 Å². The van der Waals surface area contributed by atoms with Crippen LogP contribution in [0.2, 0.25) is 0 Å². The number of amides is 1. The Kier molecular flexibility index (Phi) is 11.4. The van der Waals surface area contributed by atoms with Gasteiger partial charge in [-0.2, -0.15) is 0 Å². The van der Waals surface area contributed by atoms with Crippen LogP contribution in [0.3, 0.4) is 0 Å². The van der Waals surface area contributed by atoms with Crippen molar-refractivity contribution in [2.75, 3.05) is 13.6 Å². The lowest BCUT2D eigenvalue weighted by atomic mass is 9.75. The predicted octanol–water partition coefficient (Wildman–Crippen LogP) is 2.80. The number of carbonyl (C=O) groups is 2. The quantitative estimate of drug-likeness (QED) is 0.766. The van der Waals surface area contributed by atoms with Crippen LogP contribution in [0.25, 0.3) is 0 Å².